The quantitative estimate of drug-likeness (QED) is 0.781. The Hall–Kier alpha value is -1.86. The van der Waals surface area contributed by atoms with Crippen molar-refractivity contribution in [3.05, 3.63) is 28.1 Å². The summed E-state index contributed by atoms with van der Waals surface area (Å²) >= 11 is 1.55. The van der Waals surface area contributed by atoms with E-state index in [1.165, 1.54) is 11.1 Å². The van der Waals surface area contributed by atoms with Crippen molar-refractivity contribution in [1.29, 1.82) is 0 Å². The second kappa shape index (κ2) is 4.92. The van der Waals surface area contributed by atoms with Crippen LogP contribution in [0.1, 0.15) is 24.0 Å². The molecule has 1 aliphatic rings. The van der Waals surface area contributed by atoms with Crippen LogP contribution in [0.15, 0.2) is 17.1 Å². The molecule has 0 atom stereocenters. The van der Waals surface area contributed by atoms with Crippen LogP contribution in [0.25, 0.3) is 10.2 Å². The molecule has 0 N–H and O–H groups in total. The third-order valence-corrected chi connectivity index (χ3v) is 4.73. The lowest BCUT2D eigenvalue weighted by molar-refractivity contribution is -0.119. The molecule has 1 fully saturated rings. The van der Waals surface area contributed by atoms with Gasteiger partial charge in [0.1, 0.15) is 0 Å². The van der Waals surface area contributed by atoms with Crippen LogP contribution in [-0.4, -0.2) is 10.5 Å². The smallest absolute Gasteiger partial charge is 0.251 e. The van der Waals surface area contributed by atoms with Crippen LogP contribution in [-0.2, 0) is 11.3 Å². The summed E-state index contributed by atoms with van der Waals surface area (Å²) in [6, 6.07) is 4.25. The van der Waals surface area contributed by atoms with Gasteiger partial charge in [-0.25, -0.2) is 0 Å². The van der Waals surface area contributed by atoms with E-state index in [4.69, 9.17) is 6.42 Å². The first-order valence-corrected chi connectivity index (χ1v) is 7.54. The Morgan fingerprint density at radius 1 is 1.50 bits per heavy atom. The monoisotopic (exact) mass is 284 g/mol. The van der Waals surface area contributed by atoms with E-state index in [1.54, 1.807) is 11.3 Å². The molecule has 1 heterocycles. The van der Waals surface area contributed by atoms with Gasteiger partial charge in [-0.1, -0.05) is 23.3 Å². The number of amides is 1. The van der Waals surface area contributed by atoms with E-state index < -0.39 is 0 Å². The van der Waals surface area contributed by atoms with E-state index >= 15 is 0 Å². The Bertz CT molecular complexity index is 800. The van der Waals surface area contributed by atoms with Crippen molar-refractivity contribution in [2.75, 3.05) is 0 Å². The number of carbonyl (C=O) groups is 1. The van der Waals surface area contributed by atoms with Crippen molar-refractivity contribution in [3.63, 3.8) is 0 Å². The molecule has 1 saturated carbocycles. The molecule has 0 bridgehead atoms. The van der Waals surface area contributed by atoms with Gasteiger partial charge in [0.05, 0.1) is 16.8 Å². The molecule has 1 amide bonds. The third-order valence-electron chi connectivity index (χ3n) is 3.50. The highest BCUT2D eigenvalue weighted by Crippen LogP contribution is 2.30. The van der Waals surface area contributed by atoms with Crippen molar-refractivity contribution in [2.24, 2.45) is 10.9 Å². The van der Waals surface area contributed by atoms with Crippen LogP contribution >= 0.6 is 11.3 Å². The summed E-state index contributed by atoms with van der Waals surface area (Å²) in [5, 5.41) is 0. The van der Waals surface area contributed by atoms with E-state index in [-0.39, 0.29) is 11.8 Å². The minimum atomic E-state index is -0.00305. The number of thiazole rings is 1. The van der Waals surface area contributed by atoms with Crippen LogP contribution in [0.5, 0.6) is 0 Å². The Labute approximate surface area is 122 Å². The Morgan fingerprint density at radius 2 is 2.25 bits per heavy atom. The topological polar surface area (TPSA) is 34.4 Å². The van der Waals surface area contributed by atoms with Crippen LogP contribution in [0.3, 0.4) is 0 Å². The fourth-order valence-corrected chi connectivity index (χ4v) is 3.44. The summed E-state index contributed by atoms with van der Waals surface area (Å²) in [4.78, 5) is 17.0. The van der Waals surface area contributed by atoms with Gasteiger partial charge in [0, 0.05) is 5.92 Å². The van der Waals surface area contributed by atoms with Crippen LogP contribution < -0.4 is 4.80 Å². The highest BCUT2D eigenvalue weighted by Gasteiger charge is 2.29. The molecule has 3 nitrogen and oxygen atoms in total. The molecule has 1 aromatic heterocycles. The first-order chi connectivity index (χ1) is 9.60. The number of fused-ring (bicyclic) bond motifs is 1. The molecule has 0 radical (unpaired) electrons. The number of hydrogen-bond acceptors (Lipinski definition) is 2. The molecular formula is C16H16N2OS. The summed E-state index contributed by atoms with van der Waals surface area (Å²) in [5.74, 6) is 2.80. The van der Waals surface area contributed by atoms with Crippen LogP contribution in [0.4, 0.5) is 0 Å². The van der Waals surface area contributed by atoms with Crippen molar-refractivity contribution < 1.29 is 4.79 Å². The number of terminal acetylenes is 1. The first-order valence-electron chi connectivity index (χ1n) is 6.73. The van der Waals surface area contributed by atoms with Crippen LogP contribution in [0, 0.1) is 32.1 Å². The summed E-state index contributed by atoms with van der Waals surface area (Å²) in [7, 11) is 0. The van der Waals surface area contributed by atoms with Crippen molar-refractivity contribution >= 4 is 27.5 Å². The fourth-order valence-electron chi connectivity index (χ4n) is 2.36. The lowest BCUT2D eigenvalue weighted by Crippen LogP contribution is -2.16. The molecule has 2 aromatic rings. The van der Waals surface area contributed by atoms with E-state index in [1.807, 2.05) is 4.57 Å². The van der Waals surface area contributed by atoms with E-state index in [2.05, 4.69) is 36.9 Å². The Balaban J connectivity index is 2.25. The van der Waals surface area contributed by atoms with E-state index in [0.717, 1.165) is 27.9 Å². The van der Waals surface area contributed by atoms with E-state index in [0.29, 0.717) is 6.54 Å². The highest BCUT2D eigenvalue weighted by molar-refractivity contribution is 7.16. The van der Waals surface area contributed by atoms with Gasteiger partial charge in [0.15, 0.2) is 4.80 Å². The molecule has 0 spiro atoms. The van der Waals surface area contributed by atoms with Gasteiger partial charge in [0.25, 0.3) is 5.91 Å². The molecule has 0 unspecified atom stereocenters. The van der Waals surface area contributed by atoms with E-state index in [9.17, 15) is 4.79 Å². The standard InChI is InChI=1S/C16H16N2OS/c1-4-7-18-13-9-10(2)8-11(3)14(13)20-16(18)17-15(19)12-5-6-12/h1,8-9,12H,5-7H2,2-3H3. The van der Waals surface area contributed by atoms with Crippen molar-refractivity contribution in [2.45, 2.75) is 33.2 Å². The highest BCUT2D eigenvalue weighted by atomic mass is 32.1. The average molecular weight is 284 g/mol. The maximum absolute atomic E-state index is 11.9. The van der Waals surface area contributed by atoms with Gasteiger partial charge in [-0.15, -0.1) is 6.42 Å². The van der Waals surface area contributed by atoms with Gasteiger partial charge in [-0.05, 0) is 43.9 Å². The minimum Gasteiger partial charge on any atom is -0.305 e. The Kier molecular flexibility index (Phi) is 3.23. The second-order valence-electron chi connectivity index (χ2n) is 5.33. The minimum absolute atomic E-state index is 0.00305. The van der Waals surface area contributed by atoms with Gasteiger partial charge in [-0.3, -0.25) is 4.79 Å². The molecule has 4 heteroatoms. The summed E-state index contributed by atoms with van der Waals surface area (Å²) in [5.41, 5.74) is 3.47. The van der Waals surface area contributed by atoms with Gasteiger partial charge < -0.3 is 4.57 Å². The molecule has 20 heavy (non-hydrogen) atoms. The summed E-state index contributed by atoms with van der Waals surface area (Å²) < 4.78 is 3.13. The van der Waals surface area contributed by atoms with Gasteiger partial charge in [0.2, 0.25) is 0 Å². The number of benzene rings is 1. The maximum atomic E-state index is 11.9. The first kappa shape index (κ1) is 13.1. The predicted molar refractivity (Wildman–Crippen MR) is 81.4 cm³/mol. The number of rotatable bonds is 2. The predicted octanol–water partition coefficient (Wildman–Crippen LogP) is 2.79. The molecule has 102 valence electrons. The second-order valence-corrected chi connectivity index (χ2v) is 6.31. The van der Waals surface area contributed by atoms with Crippen LogP contribution in [0.2, 0.25) is 0 Å². The molecule has 3 rings (SSSR count). The fraction of sp³-hybridized carbons (Fsp3) is 0.375. The number of aromatic nitrogens is 1. The molecule has 1 aromatic carbocycles. The zero-order valence-electron chi connectivity index (χ0n) is 11.6. The average Bonchev–Trinajstić information content (AvgIpc) is 3.18. The molecule has 0 saturated heterocycles. The van der Waals surface area contributed by atoms with Crippen molar-refractivity contribution in [1.82, 2.24) is 4.57 Å². The lowest BCUT2D eigenvalue weighted by Gasteiger charge is -2.02. The summed E-state index contributed by atoms with van der Waals surface area (Å²) in [6.45, 7) is 4.59. The number of hydrogen-bond donors (Lipinski definition) is 0. The number of aryl methyl sites for hydroxylation is 2. The zero-order valence-corrected chi connectivity index (χ0v) is 12.5. The molecule has 0 aliphatic heterocycles. The van der Waals surface area contributed by atoms with Gasteiger partial charge in [-0.2, -0.15) is 4.99 Å². The Morgan fingerprint density at radius 3 is 2.90 bits per heavy atom. The zero-order chi connectivity index (χ0) is 14.3. The normalized spacial score (nSPS) is 15.6. The molecule has 1 aliphatic carbocycles. The number of carbonyl (C=O) groups excluding carboxylic acids is 1. The SMILES string of the molecule is C#CCn1c(=NC(=O)C2CC2)sc2c(C)cc(C)cc21. The van der Waals surface area contributed by atoms with Crippen molar-refractivity contribution in [3.8, 4) is 12.3 Å². The summed E-state index contributed by atoms with van der Waals surface area (Å²) in [6.07, 6.45) is 7.41. The maximum Gasteiger partial charge on any atom is 0.251 e. The van der Waals surface area contributed by atoms with Gasteiger partial charge >= 0.3 is 0 Å². The molecular weight excluding hydrogens is 268 g/mol. The number of nitrogens with zero attached hydrogens (tertiary/aromatic N) is 2. The largest absolute Gasteiger partial charge is 0.305 e. The lowest BCUT2D eigenvalue weighted by atomic mass is 10.1. The third kappa shape index (κ3) is 2.30.